The largest absolute Gasteiger partial charge is 0.379 e. The topological polar surface area (TPSA) is 55.6 Å². The quantitative estimate of drug-likeness (QED) is 0.642. The molecule has 14 heavy (non-hydrogen) atoms. The van der Waals surface area contributed by atoms with E-state index in [0.29, 0.717) is 19.6 Å². The first kappa shape index (κ1) is 13.4. The normalized spacial score (nSPS) is 14.9. The van der Waals surface area contributed by atoms with E-state index in [1.807, 2.05) is 13.8 Å². The zero-order valence-electron chi connectivity index (χ0n) is 9.67. The van der Waals surface area contributed by atoms with Gasteiger partial charge in [-0.15, -0.1) is 0 Å². The van der Waals surface area contributed by atoms with Gasteiger partial charge in [0.2, 0.25) is 5.91 Å². The van der Waals surface area contributed by atoms with Crippen molar-refractivity contribution in [2.45, 2.75) is 32.2 Å². The molecule has 0 aromatic carbocycles. The van der Waals surface area contributed by atoms with Gasteiger partial charge in [-0.25, -0.2) is 0 Å². The highest BCUT2D eigenvalue weighted by Gasteiger charge is 2.15. The molecule has 0 heterocycles. The average molecular weight is 202 g/mol. The number of carbonyl (C=O) groups is 1. The molecule has 0 spiro atoms. The second-order valence-electron chi connectivity index (χ2n) is 4.10. The van der Waals surface area contributed by atoms with Crippen molar-refractivity contribution in [1.29, 1.82) is 0 Å². The fourth-order valence-corrected chi connectivity index (χ4v) is 0.790. The summed E-state index contributed by atoms with van der Waals surface area (Å²) in [4.78, 5) is 12.7. The van der Waals surface area contributed by atoms with Crippen molar-refractivity contribution in [3.63, 3.8) is 0 Å². The van der Waals surface area contributed by atoms with E-state index < -0.39 is 0 Å². The number of nitrogens with zero attached hydrogens (tertiary/aromatic N) is 1. The van der Waals surface area contributed by atoms with Crippen LogP contribution < -0.4 is 5.73 Å². The van der Waals surface area contributed by atoms with Crippen molar-refractivity contribution >= 4 is 5.91 Å². The molecule has 1 atom stereocenters. The second kappa shape index (κ2) is 5.98. The number of nitrogens with two attached hydrogens (primary N) is 1. The number of carbonyl (C=O) groups excluding carboxylic acids is 1. The predicted molar refractivity (Wildman–Crippen MR) is 57.0 cm³/mol. The predicted octanol–water partition coefficient (Wildman–Crippen LogP) is 0.609. The van der Waals surface area contributed by atoms with Crippen LogP contribution in [0.3, 0.4) is 0 Å². The third-order valence-corrected chi connectivity index (χ3v) is 2.20. The van der Waals surface area contributed by atoms with Gasteiger partial charge in [0.05, 0.1) is 19.6 Å². The Morgan fingerprint density at radius 2 is 2.07 bits per heavy atom. The molecule has 0 bridgehead atoms. The van der Waals surface area contributed by atoms with E-state index in [1.165, 1.54) is 0 Å². The average Bonchev–Trinajstić information content (AvgIpc) is 2.12. The molecular weight excluding hydrogens is 180 g/mol. The fraction of sp³-hybridized carbons (Fsp3) is 0.900. The third-order valence-electron chi connectivity index (χ3n) is 2.20. The molecule has 0 aromatic rings. The Kier molecular flexibility index (Phi) is 5.72. The smallest absolute Gasteiger partial charge is 0.224 e. The van der Waals surface area contributed by atoms with E-state index in [0.717, 1.165) is 6.42 Å². The van der Waals surface area contributed by atoms with Crippen molar-refractivity contribution in [1.82, 2.24) is 4.90 Å². The number of hydrogen-bond donors (Lipinski definition) is 1. The molecule has 4 heteroatoms. The van der Waals surface area contributed by atoms with Gasteiger partial charge < -0.3 is 15.4 Å². The second-order valence-corrected chi connectivity index (χ2v) is 4.10. The maximum Gasteiger partial charge on any atom is 0.224 e. The Morgan fingerprint density at radius 3 is 2.50 bits per heavy atom. The van der Waals surface area contributed by atoms with Gasteiger partial charge >= 0.3 is 0 Å². The number of amides is 1. The number of rotatable bonds is 6. The van der Waals surface area contributed by atoms with Crippen molar-refractivity contribution in [2.24, 2.45) is 5.73 Å². The summed E-state index contributed by atoms with van der Waals surface area (Å²) in [6, 6.07) is 0. The maximum absolute atomic E-state index is 11.2. The molecule has 4 nitrogen and oxygen atoms in total. The summed E-state index contributed by atoms with van der Waals surface area (Å²) in [5, 5.41) is 0. The van der Waals surface area contributed by atoms with E-state index in [-0.39, 0.29) is 11.4 Å². The Morgan fingerprint density at radius 1 is 1.50 bits per heavy atom. The molecular formula is C10H22N2O2. The minimum absolute atomic E-state index is 0.0835. The van der Waals surface area contributed by atoms with Gasteiger partial charge in [0.25, 0.3) is 0 Å². The van der Waals surface area contributed by atoms with E-state index in [4.69, 9.17) is 10.5 Å². The van der Waals surface area contributed by atoms with E-state index in [2.05, 4.69) is 0 Å². The lowest BCUT2D eigenvalue weighted by Gasteiger charge is -2.22. The summed E-state index contributed by atoms with van der Waals surface area (Å²) in [6.45, 7) is 4.92. The monoisotopic (exact) mass is 202 g/mol. The van der Waals surface area contributed by atoms with Crippen LogP contribution in [0.4, 0.5) is 0 Å². The highest BCUT2D eigenvalue weighted by atomic mass is 16.5. The molecule has 1 amide bonds. The molecule has 0 aliphatic heterocycles. The van der Waals surface area contributed by atoms with Crippen LogP contribution in [-0.4, -0.2) is 43.7 Å². The minimum Gasteiger partial charge on any atom is -0.379 e. The molecule has 1 unspecified atom stereocenters. The molecule has 0 saturated heterocycles. The summed E-state index contributed by atoms with van der Waals surface area (Å²) in [5.74, 6) is 0.0835. The van der Waals surface area contributed by atoms with Crippen molar-refractivity contribution < 1.29 is 9.53 Å². The summed E-state index contributed by atoms with van der Waals surface area (Å²) >= 11 is 0. The van der Waals surface area contributed by atoms with Crippen molar-refractivity contribution in [2.75, 3.05) is 27.3 Å². The van der Waals surface area contributed by atoms with Crippen LogP contribution in [0.25, 0.3) is 0 Å². The van der Waals surface area contributed by atoms with Gasteiger partial charge in [0.15, 0.2) is 0 Å². The zero-order valence-corrected chi connectivity index (χ0v) is 9.67. The first-order valence-electron chi connectivity index (χ1n) is 4.96. The van der Waals surface area contributed by atoms with Crippen LogP contribution in [0.5, 0.6) is 0 Å². The zero-order chi connectivity index (χ0) is 11.2. The molecule has 0 fully saturated rings. The Bertz CT molecular complexity index is 179. The van der Waals surface area contributed by atoms with E-state index in [1.54, 1.807) is 19.0 Å². The molecule has 2 N–H and O–H groups in total. The minimum atomic E-state index is -0.277. The van der Waals surface area contributed by atoms with Crippen LogP contribution in [0, 0.1) is 0 Å². The lowest BCUT2D eigenvalue weighted by atomic mass is 10.0. The molecule has 0 saturated carbocycles. The van der Waals surface area contributed by atoms with Crippen molar-refractivity contribution in [3.05, 3.63) is 0 Å². The molecule has 0 aliphatic carbocycles. The standard InChI is InChI=1S/C10H22N2O2/c1-5-10(2,11)8-14-7-6-9(13)12(3)4/h5-8,11H2,1-4H3. The summed E-state index contributed by atoms with van der Waals surface area (Å²) in [6.07, 6.45) is 1.29. The van der Waals surface area contributed by atoms with Crippen LogP contribution in [0.15, 0.2) is 0 Å². The Balaban J connectivity index is 3.52. The molecule has 0 aliphatic rings. The van der Waals surface area contributed by atoms with Crippen LogP contribution >= 0.6 is 0 Å². The lowest BCUT2D eigenvalue weighted by Crippen LogP contribution is -2.40. The molecule has 0 rings (SSSR count). The maximum atomic E-state index is 11.2. The Labute approximate surface area is 86.4 Å². The third kappa shape index (κ3) is 5.94. The van der Waals surface area contributed by atoms with Crippen LogP contribution in [-0.2, 0) is 9.53 Å². The van der Waals surface area contributed by atoms with Gasteiger partial charge in [-0.2, -0.15) is 0 Å². The van der Waals surface area contributed by atoms with Gasteiger partial charge in [-0.1, -0.05) is 6.92 Å². The number of hydrogen-bond acceptors (Lipinski definition) is 3. The molecule has 84 valence electrons. The first-order chi connectivity index (χ1) is 6.39. The highest BCUT2D eigenvalue weighted by molar-refractivity contribution is 5.75. The summed E-state index contributed by atoms with van der Waals surface area (Å²) in [5.41, 5.74) is 5.60. The van der Waals surface area contributed by atoms with Gasteiger partial charge in [0, 0.05) is 19.6 Å². The first-order valence-corrected chi connectivity index (χ1v) is 4.96. The van der Waals surface area contributed by atoms with Gasteiger partial charge in [-0.3, -0.25) is 4.79 Å². The van der Waals surface area contributed by atoms with Gasteiger partial charge in [-0.05, 0) is 13.3 Å². The summed E-state index contributed by atoms with van der Waals surface area (Å²) in [7, 11) is 3.48. The fourth-order valence-electron chi connectivity index (χ4n) is 0.790. The number of ether oxygens (including phenoxy) is 1. The van der Waals surface area contributed by atoms with E-state index >= 15 is 0 Å². The van der Waals surface area contributed by atoms with E-state index in [9.17, 15) is 4.79 Å². The van der Waals surface area contributed by atoms with Crippen LogP contribution in [0.1, 0.15) is 26.7 Å². The highest BCUT2D eigenvalue weighted by Crippen LogP contribution is 2.04. The SMILES string of the molecule is CCC(C)(N)COCCC(=O)N(C)C. The molecule has 0 aromatic heterocycles. The summed E-state index contributed by atoms with van der Waals surface area (Å²) < 4.78 is 5.34. The van der Waals surface area contributed by atoms with Crippen molar-refractivity contribution in [3.8, 4) is 0 Å². The Hall–Kier alpha value is -0.610. The van der Waals surface area contributed by atoms with Crippen LogP contribution in [0.2, 0.25) is 0 Å². The lowest BCUT2D eigenvalue weighted by molar-refractivity contribution is -0.129. The van der Waals surface area contributed by atoms with Gasteiger partial charge in [0.1, 0.15) is 0 Å². The molecule has 0 radical (unpaired) electrons.